The minimum Gasteiger partial charge on any atom is -0.462 e. The van der Waals surface area contributed by atoms with Gasteiger partial charge in [-0.05, 0) is 37.5 Å². The third-order valence-electron chi connectivity index (χ3n) is 21.2. The lowest BCUT2D eigenvalue weighted by Crippen LogP contribution is -2.30. The molecule has 7 atom stereocenters. The van der Waals surface area contributed by atoms with E-state index < -0.39 is 97.5 Å². The largest absolute Gasteiger partial charge is 0.472 e. The molecule has 0 radical (unpaired) electrons. The van der Waals surface area contributed by atoms with Crippen LogP contribution < -0.4 is 0 Å². The third kappa shape index (κ3) is 77.4. The van der Waals surface area contributed by atoms with Gasteiger partial charge in [0.05, 0.1) is 26.4 Å². The second-order valence-electron chi connectivity index (χ2n) is 31.8. The zero-order valence-electron chi connectivity index (χ0n) is 69.7. The fourth-order valence-corrected chi connectivity index (χ4v) is 15.1. The first-order chi connectivity index (χ1) is 51.4. The number of phosphoric ester groups is 2. The molecule has 0 saturated carbocycles. The summed E-state index contributed by atoms with van der Waals surface area (Å²) in [7, 11) is -9.93. The number of aliphatic hydroxyl groups is 1. The molecule has 106 heavy (non-hydrogen) atoms. The third-order valence-corrected chi connectivity index (χ3v) is 23.1. The van der Waals surface area contributed by atoms with Crippen LogP contribution in [0.15, 0.2) is 0 Å². The molecule has 3 N–H and O–H groups in total. The van der Waals surface area contributed by atoms with Gasteiger partial charge in [0, 0.05) is 25.7 Å². The smallest absolute Gasteiger partial charge is 0.462 e. The summed E-state index contributed by atoms with van der Waals surface area (Å²) >= 11 is 0. The molecule has 0 amide bonds. The Balaban J connectivity index is 5.23. The minimum atomic E-state index is -4.97. The minimum absolute atomic E-state index is 0.107. The lowest BCUT2D eigenvalue weighted by atomic mass is 9.99. The standard InChI is InChI=1S/C87H170O17P2/c1-7-11-13-15-17-19-21-23-25-27-29-31-33-38-42-46-50-57-63-69-84(89)97-75-82(103-86(91)71-65-59-51-47-43-39-34-32-30-28-26-24-22-20-18-16-14-12-8-2)77-101-105(93,94)99-73-81(88)74-100-106(95,96)102-78-83(76-98-85(90)70-64-58-54-53-56-62-68-80(6)10-4)104-87(92)72-66-60-52-48-44-40-36-35-37-41-45-49-55-61-67-79(5)9-3/h79-83,88H,7-78H2,1-6H3,(H,93,94)(H,95,96)/t79?,80?,81-,82-,83-/m1/s1. The van der Waals surface area contributed by atoms with Crippen molar-refractivity contribution in [2.75, 3.05) is 39.6 Å². The molecule has 4 unspecified atom stereocenters. The van der Waals surface area contributed by atoms with Crippen LogP contribution in [0, 0.1) is 11.8 Å². The summed E-state index contributed by atoms with van der Waals surface area (Å²) in [6, 6.07) is 0. The van der Waals surface area contributed by atoms with E-state index in [1.54, 1.807) is 0 Å². The van der Waals surface area contributed by atoms with Crippen molar-refractivity contribution in [3.8, 4) is 0 Å². The van der Waals surface area contributed by atoms with Gasteiger partial charge in [-0.15, -0.1) is 0 Å². The summed E-state index contributed by atoms with van der Waals surface area (Å²) in [5, 5.41) is 10.7. The molecule has 0 aromatic carbocycles. The lowest BCUT2D eigenvalue weighted by molar-refractivity contribution is -0.161. The van der Waals surface area contributed by atoms with Crippen LogP contribution in [0.2, 0.25) is 0 Å². The van der Waals surface area contributed by atoms with E-state index in [1.165, 1.54) is 276 Å². The highest BCUT2D eigenvalue weighted by molar-refractivity contribution is 7.47. The average Bonchev–Trinajstić information content (AvgIpc) is 0.899. The van der Waals surface area contributed by atoms with Crippen LogP contribution >= 0.6 is 15.6 Å². The molecule has 0 spiro atoms. The van der Waals surface area contributed by atoms with Crippen molar-refractivity contribution >= 4 is 39.5 Å². The molecule has 0 aliphatic heterocycles. The van der Waals surface area contributed by atoms with Gasteiger partial charge < -0.3 is 33.8 Å². The van der Waals surface area contributed by atoms with E-state index in [1.807, 2.05) is 0 Å². The van der Waals surface area contributed by atoms with E-state index in [9.17, 15) is 43.2 Å². The van der Waals surface area contributed by atoms with Gasteiger partial charge in [-0.2, -0.15) is 0 Å². The van der Waals surface area contributed by atoms with Gasteiger partial charge in [0.15, 0.2) is 12.2 Å². The first-order valence-corrected chi connectivity index (χ1v) is 48.1. The predicted octanol–water partition coefficient (Wildman–Crippen LogP) is 26.6. The van der Waals surface area contributed by atoms with E-state index >= 15 is 0 Å². The maximum atomic E-state index is 13.2. The number of ether oxygens (including phenoxy) is 4. The average molecular weight is 1550 g/mol. The van der Waals surface area contributed by atoms with E-state index in [-0.39, 0.29) is 25.7 Å². The van der Waals surface area contributed by atoms with Crippen LogP contribution in [0.1, 0.15) is 465 Å². The molecule has 0 aromatic rings. The van der Waals surface area contributed by atoms with E-state index in [2.05, 4.69) is 41.5 Å². The van der Waals surface area contributed by atoms with Gasteiger partial charge in [-0.1, -0.05) is 414 Å². The Morgan fingerprint density at radius 1 is 0.264 bits per heavy atom. The second kappa shape index (κ2) is 78.3. The topological polar surface area (TPSA) is 237 Å². The first-order valence-electron chi connectivity index (χ1n) is 45.1. The summed E-state index contributed by atoms with van der Waals surface area (Å²) < 4.78 is 68.9. The monoisotopic (exact) mass is 1550 g/mol. The number of hydrogen-bond donors (Lipinski definition) is 3. The number of carbonyl (C=O) groups is 4. The number of unbranched alkanes of at least 4 members (excludes halogenated alkanes) is 54. The van der Waals surface area contributed by atoms with Crippen LogP contribution in [0.25, 0.3) is 0 Å². The predicted molar refractivity (Wildman–Crippen MR) is 437 cm³/mol. The van der Waals surface area contributed by atoms with Gasteiger partial charge in [0.1, 0.15) is 19.3 Å². The Labute approximate surface area is 651 Å². The fourth-order valence-electron chi connectivity index (χ4n) is 13.5. The molecule has 630 valence electrons. The van der Waals surface area contributed by atoms with Crippen LogP contribution in [-0.4, -0.2) is 96.7 Å². The van der Waals surface area contributed by atoms with Crippen LogP contribution in [0.4, 0.5) is 0 Å². The zero-order chi connectivity index (χ0) is 77.8. The maximum Gasteiger partial charge on any atom is 0.472 e. The number of esters is 4. The summed E-state index contributed by atoms with van der Waals surface area (Å²) in [5.74, 6) is -0.525. The second-order valence-corrected chi connectivity index (χ2v) is 34.7. The van der Waals surface area contributed by atoms with Gasteiger partial charge >= 0.3 is 39.5 Å². The number of carbonyl (C=O) groups excluding carboxylic acids is 4. The molecule has 0 heterocycles. The van der Waals surface area contributed by atoms with Crippen molar-refractivity contribution in [2.45, 2.75) is 484 Å². The zero-order valence-corrected chi connectivity index (χ0v) is 71.5. The van der Waals surface area contributed by atoms with Crippen molar-refractivity contribution in [2.24, 2.45) is 11.8 Å². The molecular formula is C87H170O17P2. The van der Waals surface area contributed by atoms with Gasteiger partial charge in [0.2, 0.25) is 0 Å². The molecule has 17 nitrogen and oxygen atoms in total. The summed E-state index contributed by atoms with van der Waals surface area (Å²) in [6.45, 7) is 9.69. The van der Waals surface area contributed by atoms with Crippen molar-refractivity contribution in [3.63, 3.8) is 0 Å². The summed E-state index contributed by atoms with van der Waals surface area (Å²) in [5.41, 5.74) is 0. The summed E-state index contributed by atoms with van der Waals surface area (Å²) in [4.78, 5) is 73.3. The number of hydrogen-bond acceptors (Lipinski definition) is 15. The number of phosphoric acid groups is 2. The molecule has 0 saturated heterocycles. The van der Waals surface area contributed by atoms with Gasteiger partial charge in [-0.25, -0.2) is 9.13 Å². The molecule has 0 bridgehead atoms. The molecule has 19 heteroatoms. The highest BCUT2D eigenvalue weighted by atomic mass is 31.2. The Morgan fingerprint density at radius 3 is 0.670 bits per heavy atom. The van der Waals surface area contributed by atoms with E-state index in [4.69, 9.17) is 37.0 Å². The van der Waals surface area contributed by atoms with Crippen LogP contribution in [0.3, 0.4) is 0 Å². The molecule has 0 rings (SSSR count). The Morgan fingerprint density at radius 2 is 0.453 bits per heavy atom. The lowest BCUT2D eigenvalue weighted by Gasteiger charge is -2.21. The molecule has 0 aromatic heterocycles. The quantitative estimate of drug-likeness (QED) is 0.0222. The Kier molecular flexibility index (Phi) is 76.9. The first kappa shape index (κ1) is 104. The highest BCUT2D eigenvalue weighted by Crippen LogP contribution is 2.45. The van der Waals surface area contributed by atoms with Crippen molar-refractivity contribution in [1.29, 1.82) is 0 Å². The maximum absolute atomic E-state index is 13.2. The number of aliphatic hydroxyl groups excluding tert-OH is 1. The highest BCUT2D eigenvalue weighted by Gasteiger charge is 2.30. The Hall–Kier alpha value is -1.94. The normalized spacial score (nSPS) is 14.3. The van der Waals surface area contributed by atoms with Crippen LogP contribution in [0.5, 0.6) is 0 Å². The van der Waals surface area contributed by atoms with Gasteiger partial charge in [0.25, 0.3) is 0 Å². The van der Waals surface area contributed by atoms with Crippen molar-refractivity contribution in [1.82, 2.24) is 0 Å². The SMILES string of the molecule is CCCCCCCCCCCCCCCCCCCCCC(=O)OC[C@H](COP(=O)(O)OC[C@@H](O)COP(=O)(O)OC[C@@H](COC(=O)CCCCCCCCC(C)CC)OC(=O)CCCCCCCCCCCCCCCCC(C)CC)OC(=O)CCCCCCCCCCCCCCCCCCCCC. The van der Waals surface area contributed by atoms with Crippen LogP contribution in [-0.2, 0) is 65.4 Å². The van der Waals surface area contributed by atoms with E-state index in [0.717, 1.165) is 108 Å². The van der Waals surface area contributed by atoms with Gasteiger partial charge in [-0.3, -0.25) is 37.3 Å². The molecule has 0 aliphatic carbocycles. The fraction of sp³-hybridized carbons (Fsp3) is 0.954. The molecule has 0 aliphatic rings. The summed E-state index contributed by atoms with van der Waals surface area (Å²) in [6.07, 6.45) is 70.8. The Bertz CT molecular complexity index is 2030. The van der Waals surface area contributed by atoms with Crippen molar-refractivity contribution in [3.05, 3.63) is 0 Å². The van der Waals surface area contributed by atoms with E-state index in [0.29, 0.717) is 25.7 Å². The van der Waals surface area contributed by atoms with Crippen molar-refractivity contribution < 1.29 is 80.2 Å². The molecule has 0 fully saturated rings. The number of rotatable bonds is 86. The molecular weight excluding hydrogens is 1380 g/mol.